The largest absolute Gasteiger partial charge is 0.480 e. The number of nitrogens with zero attached hydrogens (tertiary/aromatic N) is 1. The molecule has 0 heterocycles. The van der Waals surface area contributed by atoms with Crippen molar-refractivity contribution in [3.8, 4) is 0 Å². The number of nitrogens with one attached hydrogen (secondary N) is 1. The highest BCUT2D eigenvalue weighted by molar-refractivity contribution is 6.31. The fourth-order valence-electron chi connectivity index (χ4n) is 2.14. The maximum Gasteiger partial charge on any atom is 0.317 e. The topological polar surface area (TPSA) is 69.6 Å². The standard InChI is InChI=1S/C15H21ClN2O3/c1-10(2)7-18(9-15(20)21)8-12-13(16)5-4-6-14(12)17-11(3)19/h4-6,10H,7-9H2,1-3H3,(H,17,19)(H,20,21). The second-order valence-corrected chi connectivity index (χ2v) is 5.81. The van der Waals surface area contributed by atoms with Crippen LogP contribution in [-0.4, -0.2) is 35.0 Å². The van der Waals surface area contributed by atoms with Crippen LogP contribution in [0.2, 0.25) is 5.02 Å². The molecule has 0 aliphatic carbocycles. The molecule has 1 rings (SSSR count). The number of aliphatic carboxylic acids is 1. The Morgan fingerprint density at radius 3 is 2.57 bits per heavy atom. The van der Waals surface area contributed by atoms with E-state index in [1.54, 1.807) is 23.1 Å². The van der Waals surface area contributed by atoms with Crippen LogP contribution in [-0.2, 0) is 16.1 Å². The summed E-state index contributed by atoms with van der Waals surface area (Å²) in [7, 11) is 0. The van der Waals surface area contributed by atoms with E-state index in [-0.39, 0.29) is 12.5 Å². The number of hydrogen-bond donors (Lipinski definition) is 2. The maximum atomic E-state index is 11.3. The summed E-state index contributed by atoms with van der Waals surface area (Å²) in [6.07, 6.45) is 0. The molecule has 1 amide bonds. The molecule has 0 radical (unpaired) electrons. The number of carbonyl (C=O) groups excluding carboxylic acids is 1. The summed E-state index contributed by atoms with van der Waals surface area (Å²) in [6, 6.07) is 5.24. The van der Waals surface area contributed by atoms with Gasteiger partial charge in [-0.2, -0.15) is 0 Å². The quantitative estimate of drug-likeness (QED) is 0.812. The Hall–Kier alpha value is -1.59. The highest BCUT2D eigenvalue weighted by atomic mass is 35.5. The maximum absolute atomic E-state index is 11.3. The molecule has 6 heteroatoms. The fourth-order valence-corrected chi connectivity index (χ4v) is 2.38. The Bertz CT molecular complexity index is 518. The van der Waals surface area contributed by atoms with Crippen LogP contribution in [0, 0.1) is 5.92 Å². The molecule has 1 aromatic carbocycles. The van der Waals surface area contributed by atoms with Crippen LogP contribution in [0.25, 0.3) is 0 Å². The Morgan fingerprint density at radius 2 is 2.05 bits per heavy atom. The first-order chi connectivity index (χ1) is 9.79. The van der Waals surface area contributed by atoms with Crippen LogP contribution >= 0.6 is 11.6 Å². The molecule has 0 unspecified atom stereocenters. The Balaban J connectivity index is 3.00. The van der Waals surface area contributed by atoms with E-state index in [1.807, 2.05) is 13.8 Å². The summed E-state index contributed by atoms with van der Waals surface area (Å²) in [5, 5.41) is 12.3. The number of halogens is 1. The first-order valence-electron chi connectivity index (χ1n) is 6.78. The number of carbonyl (C=O) groups is 2. The molecule has 0 fully saturated rings. The van der Waals surface area contributed by atoms with Gasteiger partial charge in [0.05, 0.1) is 6.54 Å². The van der Waals surface area contributed by atoms with E-state index in [9.17, 15) is 9.59 Å². The van der Waals surface area contributed by atoms with Gasteiger partial charge in [0.1, 0.15) is 0 Å². The minimum atomic E-state index is -0.885. The van der Waals surface area contributed by atoms with Crippen LogP contribution in [0.5, 0.6) is 0 Å². The Kier molecular flexibility index (Phi) is 6.65. The number of rotatable bonds is 7. The van der Waals surface area contributed by atoms with Crippen LogP contribution in [0.15, 0.2) is 18.2 Å². The van der Waals surface area contributed by atoms with Crippen molar-refractivity contribution in [3.05, 3.63) is 28.8 Å². The summed E-state index contributed by atoms with van der Waals surface area (Å²) in [4.78, 5) is 24.0. The molecular weight excluding hydrogens is 292 g/mol. The zero-order valence-electron chi connectivity index (χ0n) is 12.5. The molecule has 2 N–H and O–H groups in total. The second-order valence-electron chi connectivity index (χ2n) is 5.40. The van der Waals surface area contributed by atoms with Crippen LogP contribution in [0.1, 0.15) is 26.3 Å². The average molecular weight is 313 g/mol. The third-order valence-corrected chi connectivity index (χ3v) is 3.15. The van der Waals surface area contributed by atoms with Crippen molar-refractivity contribution in [2.45, 2.75) is 27.3 Å². The van der Waals surface area contributed by atoms with E-state index >= 15 is 0 Å². The molecule has 0 spiro atoms. The van der Waals surface area contributed by atoms with Crippen molar-refractivity contribution in [2.24, 2.45) is 5.92 Å². The van der Waals surface area contributed by atoms with Gasteiger partial charge >= 0.3 is 5.97 Å². The van der Waals surface area contributed by atoms with E-state index in [1.165, 1.54) is 6.92 Å². The first-order valence-corrected chi connectivity index (χ1v) is 7.16. The number of anilines is 1. The van der Waals surface area contributed by atoms with Crippen molar-refractivity contribution < 1.29 is 14.7 Å². The lowest BCUT2D eigenvalue weighted by Crippen LogP contribution is -2.33. The van der Waals surface area contributed by atoms with E-state index in [0.29, 0.717) is 29.7 Å². The lowest BCUT2D eigenvalue weighted by atomic mass is 10.1. The molecule has 0 aliphatic rings. The predicted octanol–water partition coefficient (Wildman–Crippen LogP) is 2.84. The van der Waals surface area contributed by atoms with Crippen molar-refractivity contribution >= 4 is 29.2 Å². The smallest absolute Gasteiger partial charge is 0.317 e. The minimum Gasteiger partial charge on any atom is -0.480 e. The summed E-state index contributed by atoms with van der Waals surface area (Å²) in [5.41, 5.74) is 1.35. The molecular formula is C15H21ClN2O3. The molecule has 1 aromatic rings. The molecule has 0 aromatic heterocycles. The predicted molar refractivity (Wildman–Crippen MR) is 83.5 cm³/mol. The van der Waals surface area contributed by atoms with Crippen LogP contribution in [0.4, 0.5) is 5.69 Å². The summed E-state index contributed by atoms with van der Waals surface area (Å²) in [6.45, 7) is 6.42. The number of carboxylic acids is 1. The summed E-state index contributed by atoms with van der Waals surface area (Å²) >= 11 is 6.20. The highest BCUT2D eigenvalue weighted by Crippen LogP contribution is 2.26. The van der Waals surface area contributed by atoms with Crippen molar-refractivity contribution in [1.82, 2.24) is 4.90 Å². The van der Waals surface area contributed by atoms with Gasteiger partial charge in [0.25, 0.3) is 0 Å². The molecule has 0 bridgehead atoms. The van der Waals surface area contributed by atoms with E-state index in [2.05, 4.69) is 5.32 Å². The number of amides is 1. The first kappa shape index (κ1) is 17.5. The molecule has 0 saturated carbocycles. The third kappa shape index (κ3) is 6.14. The molecule has 0 atom stereocenters. The van der Waals surface area contributed by atoms with E-state index in [4.69, 9.17) is 16.7 Å². The Labute approximate surface area is 129 Å². The van der Waals surface area contributed by atoms with E-state index < -0.39 is 5.97 Å². The van der Waals surface area contributed by atoms with Gasteiger partial charge in [-0.1, -0.05) is 31.5 Å². The summed E-state index contributed by atoms with van der Waals surface area (Å²) in [5.74, 6) is -0.744. The third-order valence-electron chi connectivity index (χ3n) is 2.79. The SMILES string of the molecule is CC(=O)Nc1cccc(Cl)c1CN(CC(=O)O)CC(C)C. The number of carboxylic acid groups (broad SMARTS) is 1. The normalized spacial score (nSPS) is 11.0. The fraction of sp³-hybridized carbons (Fsp3) is 0.467. The molecule has 21 heavy (non-hydrogen) atoms. The highest BCUT2D eigenvalue weighted by Gasteiger charge is 2.16. The molecule has 116 valence electrons. The van der Waals surface area contributed by atoms with Crippen LogP contribution in [0.3, 0.4) is 0 Å². The van der Waals surface area contributed by atoms with Gasteiger partial charge in [0.2, 0.25) is 5.91 Å². The average Bonchev–Trinajstić information content (AvgIpc) is 2.31. The van der Waals surface area contributed by atoms with Gasteiger partial charge in [0, 0.05) is 36.3 Å². The minimum absolute atomic E-state index is 0.0666. The van der Waals surface area contributed by atoms with Crippen molar-refractivity contribution in [2.75, 3.05) is 18.4 Å². The van der Waals surface area contributed by atoms with Crippen molar-refractivity contribution in [3.63, 3.8) is 0 Å². The monoisotopic (exact) mass is 312 g/mol. The van der Waals surface area contributed by atoms with Crippen LogP contribution < -0.4 is 5.32 Å². The van der Waals surface area contributed by atoms with Gasteiger partial charge in [0.15, 0.2) is 0 Å². The molecule has 5 nitrogen and oxygen atoms in total. The van der Waals surface area contributed by atoms with Gasteiger partial charge in [-0.05, 0) is 18.1 Å². The molecule has 0 aliphatic heterocycles. The van der Waals surface area contributed by atoms with Gasteiger partial charge in [-0.15, -0.1) is 0 Å². The summed E-state index contributed by atoms with van der Waals surface area (Å²) < 4.78 is 0. The molecule has 0 saturated heterocycles. The number of benzene rings is 1. The van der Waals surface area contributed by atoms with Gasteiger partial charge in [-0.25, -0.2) is 0 Å². The lowest BCUT2D eigenvalue weighted by molar-refractivity contribution is -0.138. The van der Waals surface area contributed by atoms with E-state index in [0.717, 1.165) is 5.56 Å². The Morgan fingerprint density at radius 1 is 1.38 bits per heavy atom. The second kappa shape index (κ2) is 8.00. The van der Waals surface area contributed by atoms with Gasteiger partial charge < -0.3 is 10.4 Å². The lowest BCUT2D eigenvalue weighted by Gasteiger charge is -2.24. The zero-order valence-corrected chi connectivity index (χ0v) is 13.3. The zero-order chi connectivity index (χ0) is 16.0. The number of hydrogen-bond acceptors (Lipinski definition) is 3. The van der Waals surface area contributed by atoms with Crippen molar-refractivity contribution in [1.29, 1.82) is 0 Å². The van der Waals surface area contributed by atoms with Gasteiger partial charge in [-0.3, -0.25) is 14.5 Å².